The maximum Gasteiger partial charge on any atom is 0.275 e. The van der Waals surface area contributed by atoms with Crippen LogP contribution in [0.5, 0.6) is 0 Å². The number of rotatable bonds is 3. The minimum Gasteiger partial charge on any atom is -0.409 e. The van der Waals surface area contributed by atoms with Gasteiger partial charge in [-0.1, -0.05) is 11.2 Å². The zero-order chi connectivity index (χ0) is 11.4. The topological polar surface area (TPSA) is 122 Å². The third-order valence-electron chi connectivity index (χ3n) is 1.86. The van der Waals surface area contributed by atoms with Crippen molar-refractivity contribution in [3.63, 3.8) is 0 Å². The molecule has 1 aromatic carbocycles. The van der Waals surface area contributed by atoms with Crippen molar-refractivity contribution in [2.24, 2.45) is 10.9 Å². The average molecular weight is 211 g/mol. The van der Waals surface area contributed by atoms with Gasteiger partial charge in [-0.25, -0.2) is 0 Å². The Balaban J connectivity index is 3.28. The van der Waals surface area contributed by atoms with E-state index < -0.39 is 11.5 Å². The number of nitrogens with zero attached hydrogens (tertiary/aromatic N) is 2. The van der Waals surface area contributed by atoms with Crippen LogP contribution in [0.25, 0.3) is 0 Å². The Bertz CT molecular complexity index is 416. The third kappa shape index (κ3) is 2.20. The first-order valence-corrected chi connectivity index (χ1v) is 3.96. The summed E-state index contributed by atoms with van der Waals surface area (Å²) in [5.74, 6) is -0.220. The quantitative estimate of drug-likeness (QED) is 0.216. The van der Waals surface area contributed by atoms with Crippen LogP contribution < -0.4 is 5.73 Å². The van der Waals surface area contributed by atoms with Crippen LogP contribution in [0.15, 0.2) is 23.4 Å². The Morgan fingerprint density at radius 3 is 2.73 bits per heavy atom. The number of nitrogens with two attached hydrogens (primary N) is 1. The molecule has 1 rings (SSSR count). The van der Waals surface area contributed by atoms with E-state index in [0.29, 0.717) is 0 Å². The zero-order valence-electron chi connectivity index (χ0n) is 7.62. The Morgan fingerprint density at radius 2 is 2.27 bits per heavy atom. The van der Waals surface area contributed by atoms with Crippen molar-refractivity contribution in [1.82, 2.24) is 0 Å². The van der Waals surface area contributed by atoms with Crippen molar-refractivity contribution in [2.45, 2.75) is 6.61 Å². The molecule has 15 heavy (non-hydrogen) atoms. The highest BCUT2D eigenvalue weighted by atomic mass is 16.6. The fourth-order valence-electron chi connectivity index (χ4n) is 1.08. The average Bonchev–Trinajstić information content (AvgIpc) is 2.27. The van der Waals surface area contributed by atoms with Crippen molar-refractivity contribution in [3.05, 3.63) is 39.4 Å². The first kappa shape index (κ1) is 10.9. The fourth-order valence-corrected chi connectivity index (χ4v) is 1.08. The van der Waals surface area contributed by atoms with Crippen LogP contribution in [0.4, 0.5) is 5.69 Å². The van der Waals surface area contributed by atoms with E-state index in [0.717, 1.165) is 6.07 Å². The molecule has 0 fully saturated rings. The van der Waals surface area contributed by atoms with Gasteiger partial charge in [0.25, 0.3) is 5.69 Å². The summed E-state index contributed by atoms with van der Waals surface area (Å²) in [5, 5.41) is 30.5. The van der Waals surface area contributed by atoms with Crippen LogP contribution in [-0.4, -0.2) is 21.1 Å². The Hall–Kier alpha value is -2.15. The highest BCUT2D eigenvalue weighted by molar-refractivity contribution is 5.97. The summed E-state index contributed by atoms with van der Waals surface area (Å²) in [4.78, 5) is 9.96. The molecule has 0 aliphatic carbocycles. The maximum absolute atomic E-state index is 10.6. The van der Waals surface area contributed by atoms with Crippen LogP contribution in [0.3, 0.4) is 0 Å². The molecule has 0 atom stereocenters. The maximum atomic E-state index is 10.6. The molecular formula is C8H9N3O4. The Morgan fingerprint density at radius 1 is 1.60 bits per heavy atom. The van der Waals surface area contributed by atoms with Crippen LogP contribution in [-0.2, 0) is 6.61 Å². The van der Waals surface area contributed by atoms with Crippen molar-refractivity contribution in [1.29, 1.82) is 0 Å². The predicted octanol–water partition coefficient (Wildman–Crippen LogP) is 0.182. The van der Waals surface area contributed by atoms with E-state index >= 15 is 0 Å². The van der Waals surface area contributed by atoms with Gasteiger partial charge in [0, 0.05) is 11.6 Å². The standard InChI is InChI=1S/C8H9N3O4/c9-8(10-13)5-1-2-6(4-12)7(3-5)11(14)15/h1-3,12-13H,4H2,(H2,9,10). The summed E-state index contributed by atoms with van der Waals surface area (Å²) >= 11 is 0. The lowest BCUT2D eigenvalue weighted by Crippen LogP contribution is -2.13. The highest BCUT2D eigenvalue weighted by Crippen LogP contribution is 2.20. The second kappa shape index (κ2) is 4.38. The summed E-state index contributed by atoms with van der Waals surface area (Å²) in [7, 11) is 0. The number of hydrogen-bond donors (Lipinski definition) is 3. The molecular weight excluding hydrogens is 202 g/mol. The minimum atomic E-state index is -0.639. The van der Waals surface area contributed by atoms with Gasteiger partial charge in [0.05, 0.1) is 17.1 Å². The van der Waals surface area contributed by atoms with Gasteiger partial charge < -0.3 is 16.0 Å². The number of benzene rings is 1. The van der Waals surface area contributed by atoms with Gasteiger partial charge in [-0.3, -0.25) is 10.1 Å². The number of oxime groups is 1. The zero-order valence-corrected chi connectivity index (χ0v) is 7.62. The predicted molar refractivity (Wildman–Crippen MR) is 51.5 cm³/mol. The van der Waals surface area contributed by atoms with Crippen molar-refractivity contribution >= 4 is 11.5 Å². The normalized spacial score (nSPS) is 11.4. The number of nitro benzene ring substituents is 1. The fraction of sp³-hybridized carbons (Fsp3) is 0.125. The molecule has 0 aliphatic rings. The van der Waals surface area contributed by atoms with Crippen molar-refractivity contribution in [2.75, 3.05) is 0 Å². The Labute approximate surface area is 84.6 Å². The van der Waals surface area contributed by atoms with Crippen LogP contribution in [0, 0.1) is 10.1 Å². The van der Waals surface area contributed by atoms with Gasteiger partial charge in [0.1, 0.15) is 0 Å². The summed E-state index contributed by atoms with van der Waals surface area (Å²) in [5.41, 5.74) is 5.41. The molecule has 0 saturated heterocycles. The van der Waals surface area contributed by atoms with Gasteiger partial charge in [-0.05, 0) is 6.07 Å². The molecule has 1 aromatic rings. The summed E-state index contributed by atoms with van der Waals surface area (Å²) in [6.07, 6.45) is 0. The van der Waals surface area contributed by atoms with E-state index in [1.807, 2.05) is 0 Å². The van der Waals surface area contributed by atoms with Gasteiger partial charge in [-0.15, -0.1) is 0 Å². The molecule has 0 heterocycles. The molecule has 0 aliphatic heterocycles. The molecule has 0 saturated carbocycles. The lowest BCUT2D eigenvalue weighted by molar-refractivity contribution is -0.385. The van der Waals surface area contributed by atoms with Crippen molar-refractivity contribution < 1.29 is 15.2 Å². The second-order valence-corrected chi connectivity index (χ2v) is 2.74. The minimum absolute atomic E-state index is 0.175. The van der Waals surface area contributed by atoms with Crippen LogP contribution in [0.1, 0.15) is 11.1 Å². The van der Waals surface area contributed by atoms with E-state index in [4.69, 9.17) is 16.0 Å². The first-order chi connectivity index (χ1) is 7.10. The van der Waals surface area contributed by atoms with E-state index in [1.54, 1.807) is 0 Å². The summed E-state index contributed by atoms with van der Waals surface area (Å²) in [6, 6.07) is 3.92. The lowest BCUT2D eigenvalue weighted by atomic mass is 10.1. The van der Waals surface area contributed by atoms with E-state index in [-0.39, 0.29) is 22.6 Å². The van der Waals surface area contributed by atoms with Crippen LogP contribution >= 0.6 is 0 Å². The first-order valence-electron chi connectivity index (χ1n) is 3.96. The van der Waals surface area contributed by atoms with Crippen LogP contribution in [0.2, 0.25) is 0 Å². The monoisotopic (exact) mass is 211 g/mol. The van der Waals surface area contributed by atoms with Crippen molar-refractivity contribution in [3.8, 4) is 0 Å². The second-order valence-electron chi connectivity index (χ2n) is 2.74. The smallest absolute Gasteiger partial charge is 0.275 e. The summed E-state index contributed by atoms with van der Waals surface area (Å²) < 4.78 is 0. The van der Waals surface area contributed by atoms with Gasteiger partial charge in [-0.2, -0.15) is 0 Å². The molecule has 7 heteroatoms. The van der Waals surface area contributed by atoms with E-state index in [2.05, 4.69) is 5.16 Å². The number of hydrogen-bond acceptors (Lipinski definition) is 5. The third-order valence-corrected chi connectivity index (χ3v) is 1.86. The number of aliphatic hydroxyl groups is 1. The number of aliphatic hydroxyl groups excluding tert-OH is 1. The number of amidine groups is 1. The molecule has 7 nitrogen and oxygen atoms in total. The van der Waals surface area contributed by atoms with Gasteiger partial charge >= 0.3 is 0 Å². The summed E-state index contributed by atoms with van der Waals surface area (Å²) in [6.45, 7) is -0.438. The molecule has 0 radical (unpaired) electrons. The molecule has 0 bridgehead atoms. The molecule has 0 unspecified atom stereocenters. The lowest BCUT2D eigenvalue weighted by Gasteiger charge is -2.02. The van der Waals surface area contributed by atoms with E-state index in [9.17, 15) is 10.1 Å². The van der Waals surface area contributed by atoms with Gasteiger partial charge in [0.15, 0.2) is 5.84 Å². The molecule has 0 aromatic heterocycles. The Kier molecular flexibility index (Phi) is 3.19. The van der Waals surface area contributed by atoms with E-state index in [1.165, 1.54) is 12.1 Å². The molecule has 4 N–H and O–H groups in total. The SMILES string of the molecule is N/C(=N\O)c1ccc(CO)c([N+](=O)[O-])c1. The number of nitro groups is 1. The highest BCUT2D eigenvalue weighted by Gasteiger charge is 2.14. The molecule has 0 amide bonds. The largest absolute Gasteiger partial charge is 0.409 e. The molecule has 80 valence electrons. The van der Waals surface area contributed by atoms with Gasteiger partial charge in [0.2, 0.25) is 0 Å². The molecule has 0 spiro atoms.